The molecular weight excluding hydrogens is 288 g/mol. The maximum Gasteiger partial charge on any atom is 0.304 e. The number of rotatable bonds is 7. The smallest absolute Gasteiger partial charge is 0.304 e. The van der Waals surface area contributed by atoms with E-state index in [2.05, 4.69) is 16.3 Å². The third-order valence-corrected chi connectivity index (χ3v) is 4.70. The SMILES string of the molecule is O=C(O)CCN1CCN(C(=O)CCCc2cccs2)CC1. The summed E-state index contributed by atoms with van der Waals surface area (Å²) in [5, 5.41) is 10.7. The molecule has 0 saturated carbocycles. The first kappa shape index (κ1) is 16.0. The van der Waals surface area contributed by atoms with E-state index < -0.39 is 5.97 Å². The van der Waals surface area contributed by atoms with Gasteiger partial charge in [0.05, 0.1) is 6.42 Å². The van der Waals surface area contributed by atoms with E-state index in [-0.39, 0.29) is 12.3 Å². The molecule has 1 N–H and O–H groups in total. The molecule has 1 amide bonds. The Morgan fingerprint density at radius 3 is 2.57 bits per heavy atom. The highest BCUT2D eigenvalue weighted by molar-refractivity contribution is 7.09. The maximum atomic E-state index is 12.1. The molecule has 5 nitrogen and oxygen atoms in total. The minimum absolute atomic E-state index is 0.175. The fraction of sp³-hybridized carbons (Fsp3) is 0.600. The van der Waals surface area contributed by atoms with Crippen LogP contribution in [0.15, 0.2) is 17.5 Å². The lowest BCUT2D eigenvalue weighted by Crippen LogP contribution is -2.49. The van der Waals surface area contributed by atoms with Crippen molar-refractivity contribution in [2.24, 2.45) is 0 Å². The first-order valence-corrected chi connectivity index (χ1v) is 8.27. The molecule has 1 aromatic heterocycles. The van der Waals surface area contributed by atoms with Crippen LogP contribution in [0.3, 0.4) is 0 Å². The molecule has 1 aliphatic heterocycles. The lowest BCUT2D eigenvalue weighted by Gasteiger charge is -2.34. The summed E-state index contributed by atoms with van der Waals surface area (Å²) in [5.74, 6) is -0.536. The summed E-state index contributed by atoms with van der Waals surface area (Å²) < 4.78 is 0. The fourth-order valence-electron chi connectivity index (χ4n) is 2.50. The lowest BCUT2D eigenvalue weighted by molar-refractivity contribution is -0.138. The topological polar surface area (TPSA) is 60.9 Å². The number of aryl methyl sites for hydroxylation is 1. The minimum atomic E-state index is -0.762. The van der Waals surface area contributed by atoms with E-state index in [1.165, 1.54) is 4.88 Å². The summed E-state index contributed by atoms with van der Waals surface area (Å²) in [4.78, 5) is 28.0. The molecule has 1 saturated heterocycles. The number of piperazine rings is 1. The van der Waals surface area contributed by atoms with Gasteiger partial charge in [0.1, 0.15) is 0 Å². The van der Waals surface area contributed by atoms with E-state index in [4.69, 9.17) is 5.11 Å². The summed E-state index contributed by atoms with van der Waals surface area (Å²) in [6.07, 6.45) is 2.66. The Hall–Kier alpha value is -1.40. The van der Waals surface area contributed by atoms with Crippen LogP contribution < -0.4 is 0 Å². The number of amides is 1. The summed E-state index contributed by atoms with van der Waals surface area (Å²) in [7, 11) is 0. The molecule has 0 radical (unpaired) electrons. The zero-order chi connectivity index (χ0) is 15.1. The van der Waals surface area contributed by atoms with Gasteiger partial charge in [-0.15, -0.1) is 11.3 Å². The second-order valence-electron chi connectivity index (χ2n) is 5.30. The molecule has 2 heterocycles. The Balaban J connectivity index is 1.62. The Labute approximate surface area is 129 Å². The van der Waals surface area contributed by atoms with E-state index in [9.17, 15) is 9.59 Å². The van der Waals surface area contributed by atoms with Crippen LogP contribution in [0.4, 0.5) is 0 Å². The van der Waals surface area contributed by atoms with Gasteiger partial charge in [0.15, 0.2) is 0 Å². The monoisotopic (exact) mass is 310 g/mol. The number of nitrogens with zero attached hydrogens (tertiary/aromatic N) is 2. The number of aliphatic carboxylic acids is 1. The van der Waals surface area contributed by atoms with E-state index in [1.807, 2.05) is 11.0 Å². The van der Waals surface area contributed by atoms with Crippen LogP contribution >= 0.6 is 11.3 Å². The Kier molecular flexibility index (Phi) is 6.20. The van der Waals surface area contributed by atoms with Gasteiger partial charge in [0.25, 0.3) is 0 Å². The number of thiophene rings is 1. The molecule has 0 bridgehead atoms. The molecule has 0 unspecified atom stereocenters. The van der Waals surface area contributed by atoms with Crippen LogP contribution in [-0.2, 0) is 16.0 Å². The number of carboxylic acids is 1. The predicted octanol–water partition coefficient (Wildman–Crippen LogP) is 1.69. The first-order chi connectivity index (χ1) is 10.1. The third kappa shape index (κ3) is 5.47. The number of carbonyl (C=O) groups is 2. The molecule has 21 heavy (non-hydrogen) atoms. The molecule has 1 fully saturated rings. The van der Waals surface area contributed by atoms with Gasteiger partial charge in [-0.3, -0.25) is 14.5 Å². The van der Waals surface area contributed by atoms with Crippen LogP contribution in [0.2, 0.25) is 0 Å². The van der Waals surface area contributed by atoms with Crippen molar-refractivity contribution in [3.05, 3.63) is 22.4 Å². The van der Waals surface area contributed by atoms with Crippen molar-refractivity contribution in [1.29, 1.82) is 0 Å². The highest BCUT2D eigenvalue weighted by Gasteiger charge is 2.20. The number of hydrogen-bond donors (Lipinski definition) is 1. The summed E-state index contributed by atoms with van der Waals surface area (Å²) in [5.41, 5.74) is 0. The fourth-order valence-corrected chi connectivity index (χ4v) is 3.25. The van der Waals surface area contributed by atoms with Gasteiger partial charge in [0.2, 0.25) is 5.91 Å². The molecule has 2 rings (SSSR count). The van der Waals surface area contributed by atoms with Gasteiger partial charge in [-0.25, -0.2) is 0 Å². The van der Waals surface area contributed by atoms with Crippen molar-refractivity contribution < 1.29 is 14.7 Å². The average molecular weight is 310 g/mol. The Morgan fingerprint density at radius 2 is 1.95 bits per heavy atom. The zero-order valence-electron chi connectivity index (χ0n) is 12.2. The van der Waals surface area contributed by atoms with E-state index in [1.54, 1.807) is 11.3 Å². The van der Waals surface area contributed by atoms with Crippen LogP contribution in [0.25, 0.3) is 0 Å². The third-order valence-electron chi connectivity index (χ3n) is 3.76. The summed E-state index contributed by atoms with van der Waals surface area (Å²) >= 11 is 1.74. The molecule has 1 aliphatic rings. The number of hydrogen-bond acceptors (Lipinski definition) is 4. The minimum Gasteiger partial charge on any atom is -0.481 e. The van der Waals surface area contributed by atoms with Gasteiger partial charge < -0.3 is 10.0 Å². The standard InChI is InChI=1S/C15H22N2O3S/c18-14(5-1-3-13-4-2-12-21-13)17-10-8-16(9-11-17)7-6-15(19)20/h2,4,12H,1,3,5-11H2,(H,19,20). The van der Waals surface area contributed by atoms with E-state index >= 15 is 0 Å². The predicted molar refractivity (Wildman–Crippen MR) is 82.5 cm³/mol. The van der Waals surface area contributed by atoms with Gasteiger partial charge >= 0.3 is 5.97 Å². The van der Waals surface area contributed by atoms with Crippen molar-refractivity contribution >= 4 is 23.2 Å². The highest BCUT2D eigenvalue weighted by Crippen LogP contribution is 2.13. The molecule has 0 atom stereocenters. The van der Waals surface area contributed by atoms with Gasteiger partial charge in [0, 0.05) is 44.0 Å². The van der Waals surface area contributed by atoms with Crippen molar-refractivity contribution in [2.75, 3.05) is 32.7 Å². The molecule has 116 valence electrons. The normalized spacial score (nSPS) is 16.1. The maximum absolute atomic E-state index is 12.1. The van der Waals surface area contributed by atoms with Crippen molar-refractivity contribution in [1.82, 2.24) is 9.80 Å². The molecule has 6 heteroatoms. The second-order valence-corrected chi connectivity index (χ2v) is 6.33. The van der Waals surface area contributed by atoms with Crippen LogP contribution in [0, 0.1) is 0 Å². The summed E-state index contributed by atoms with van der Waals surface area (Å²) in [6.45, 7) is 3.58. The molecule has 0 spiro atoms. The van der Waals surface area contributed by atoms with Crippen molar-refractivity contribution in [3.63, 3.8) is 0 Å². The largest absolute Gasteiger partial charge is 0.481 e. The van der Waals surface area contributed by atoms with Crippen molar-refractivity contribution in [2.45, 2.75) is 25.7 Å². The Morgan fingerprint density at radius 1 is 1.19 bits per heavy atom. The second kappa shape index (κ2) is 8.14. The van der Waals surface area contributed by atoms with Crippen LogP contribution in [-0.4, -0.2) is 59.5 Å². The molecule has 1 aromatic rings. The van der Waals surface area contributed by atoms with Crippen LogP contribution in [0.1, 0.15) is 24.1 Å². The van der Waals surface area contributed by atoms with E-state index in [0.717, 1.165) is 39.0 Å². The van der Waals surface area contributed by atoms with Crippen LogP contribution in [0.5, 0.6) is 0 Å². The molecule has 0 aromatic carbocycles. The highest BCUT2D eigenvalue weighted by atomic mass is 32.1. The average Bonchev–Trinajstić information content (AvgIpc) is 2.99. The van der Waals surface area contributed by atoms with Gasteiger partial charge in [-0.2, -0.15) is 0 Å². The molecule has 0 aliphatic carbocycles. The summed E-state index contributed by atoms with van der Waals surface area (Å²) in [6, 6.07) is 4.15. The first-order valence-electron chi connectivity index (χ1n) is 7.39. The molecular formula is C15H22N2O3S. The van der Waals surface area contributed by atoms with Crippen molar-refractivity contribution in [3.8, 4) is 0 Å². The van der Waals surface area contributed by atoms with Gasteiger partial charge in [-0.05, 0) is 24.3 Å². The lowest BCUT2D eigenvalue weighted by atomic mass is 10.2. The zero-order valence-corrected chi connectivity index (χ0v) is 13.0. The Bertz CT molecular complexity index is 453. The quantitative estimate of drug-likeness (QED) is 0.832. The number of carboxylic acid groups (broad SMARTS) is 1. The number of carbonyl (C=O) groups excluding carboxylic acids is 1. The van der Waals surface area contributed by atoms with E-state index in [0.29, 0.717) is 13.0 Å². The van der Waals surface area contributed by atoms with Gasteiger partial charge in [-0.1, -0.05) is 6.07 Å².